The molecule has 1 fully saturated rings. The lowest BCUT2D eigenvalue weighted by atomic mass is 9.89. The second-order valence-corrected chi connectivity index (χ2v) is 4.66. The first-order valence-corrected chi connectivity index (χ1v) is 5.44. The molecule has 0 aromatic carbocycles. The van der Waals surface area contributed by atoms with Gasteiger partial charge in [0.2, 0.25) is 0 Å². The topological polar surface area (TPSA) is 26.0 Å². The molecule has 0 aromatic rings. The number of hydrogen-bond donors (Lipinski definition) is 1. The van der Waals surface area contributed by atoms with Gasteiger partial charge in [-0.3, -0.25) is 0 Å². The van der Waals surface area contributed by atoms with E-state index in [2.05, 4.69) is 13.8 Å². The van der Waals surface area contributed by atoms with Crippen LogP contribution >= 0.6 is 0 Å². The molecule has 1 aliphatic rings. The van der Waals surface area contributed by atoms with Crippen molar-refractivity contribution in [3.8, 4) is 0 Å². The second-order valence-electron chi connectivity index (χ2n) is 4.66. The van der Waals surface area contributed by atoms with Crippen molar-refractivity contribution in [3.05, 3.63) is 0 Å². The Labute approximate surface area is 76.7 Å². The molecule has 2 unspecified atom stereocenters. The molecule has 0 radical (unpaired) electrons. The zero-order chi connectivity index (χ0) is 8.97. The maximum atomic E-state index is 5.73. The summed E-state index contributed by atoms with van der Waals surface area (Å²) in [6.45, 7) is 5.54. The predicted molar refractivity (Wildman–Crippen MR) is 54.0 cm³/mol. The van der Waals surface area contributed by atoms with Crippen LogP contribution in [0.1, 0.15) is 46.0 Å². The molecule has 0 saturated heterocycles. The van der Waals surface area contributed by atoms with E-state index in [0.29, 0.717) is 0 Å². The second kappa shape index (κ2) is 4.86. The molecule has 0 aromatic heterocycles. The maximum absolute atomic E-state index is 5.73. The van der Waals surface area contributed by atoms with Crippen LogP contribution in [0.25, 0.3) is 0 Å². The van der Waals surface area contributed by atoms with Gasteiger partial charge in [-0.2, -0.15) is 0 Å². The van der Waals surface area contributed by atoms with Crippen LogP contribution in [0.4, 0.5) is 0 Å². The van der Waals surface area contributed by atoms with E-state index in [-0.39, 0.29) is 0 Å². The molecular formula is C11H23N. The van der Waals surface area contributed by atoms with Crippen LogP contribution in [0.3, 0.4) is 0 Å². The molecule has 0 spiro atoms. The van der Waals surface area contributed by atoms with Gasteiger partial charge in [0.1, 0.15) is 0 Å². The highest BCUT2D eigenvalue weighted by Crippen LogP contribution is 2.34. The van der Waals surface area contributed by atoms with Crippen LogP contribution in [0.2, 0.25) is 0 Å². The third kappa shape index (κ3) is 2.78. The highest BCUT2D eigenvalue weighted by Gasteiger charge is 2.25. The monoisotopic (exact) mass is 169 g/mol. The molecule has 0 amide bonds. The summed E-state index contributed by atoms with van der Waals surface area (Å²) in [5.74, 6) is 2.67. The van der Waals surface area contributed by atoms with Crippen LogP contribution in [-0.2, 0) is 0 Å². The van der Waals surface area contributed by atoms with E-state index in [1.54, 1.807) is 0 Å². The van der Waals surface area contributed by atoms with Gasteiger partial charge in [-0.15, -0.1) is 0 Å². The summed E-state index contributed by atoms with van der Waals surface area (Å²) in [6.07, 6.45) is 7.05. The zero-order valence-electron chi connectivity index (χ0n) is 8.55. The first-order valence-electron chi connectivity index (χ1n) is 5.44. The fourth-order valence-corrected chi connectivity index (χ4v) is 2.35. The van der Waals surface area contributed by atoms with Crippen LogP contribution in [0.5, 0.6) is 0 Å². The average molecular weight is 169 g/mol. The van der Waals surface area contributed by atoms with E-state index in [0.717, 1.165) is 24.3 Å². The minimum absolute atomic E-state index is 0.851. The van der Waals surface area contributed by atoms with Crippen molar-refractivity contribution in [2.75, 3.05) is 6.54 Å². The Morgan fingerprint density at radius 3 is 2.50 bits per heavy atom. The fourth-order valence-electron chi connectivity index (χ4n) is 2.35. The Balaban J connectivity index is 2.21. The molecule has 1 nitrogen and oxygen atoms in total. The summed E-state index contributed by atoms with van der Waals surface area (Å²) in [4.78, 5) is 0. The van der Waals surface area contributed by atoms with Gasteiger partial charge < -0.3 is 5.73 Å². The summed E-state index contributed by atoms with van der Waals surface area (Å²) in [7, 11) is 0. The number of rotatable bonds is 4. The Morgan fingerprint density at radius 1 is 1.25 bits per heavy atom. The van der Waals surface area contributed by atoms with E-state index in [4.69, 9.17) is 5.73 Å². The standard InChI is InChI=1S/C11H23N/c1-9(2)6-7-10-4-3-5-11(10)8-12/h9-11H,3-8,12H2,1-2H3. The van der Waals surface area contributed by atoms with Crippen molar-refractivity contribution >= 4 is 0 Å². The molecule has 1 heteroatoms. The molecule has 1 rings (SSSR count). The molecule has 2 N–H and O–H groups in total. The van der Waals surface area contributed by atoms with Crippen molar-refractivity contribution in [2.45, 2.75) is 46.0 Å². The van der Waals surface area contributed by atoms with Gasteiger partial charge >= 0.3 is 0 Å². The maximum Gasteiger partial charge on any atom is -0.00462 e. The summed E-state index contributed by atoms with van der Waals surface area (Å²) in [5.41, 5.74) is 5.73. The third-order valence-corrected chi connectivity index (χ3v) is 3.23. The summed E-state index contributed by atoms with van der Waals surface area (Å²) in [6, 6.07) is 0. The third-order valence-electron chi connectivity index (χ3n) is 3.23. The Morgan fingerprint density at radius 2 is 1.92 bits per heavy atom. The van der Waals surface area contributed by atoms with E-state index in [9.17, 15) is 0 Å². The molecule has 2 atom stereocenters. The largest absolute Gasteiger partial charge is 0.330 e. The molecule has 0 aliphatic heterocycles. The minimum Gasteiger partial charge on any atom is -0.330 e. The Bertz CT molecular complexity index is 120. The molecule has 1 saturated carbocycles. The number of nitrogens with two attached hydrogens (primary N) is 1. The van der Waals surface area contributed by atoms with Gasteiger partial charge in [0.25, 0.3) is 0 Å². The van der Waals surface area contributed by atoms with Crippen molar-refractivity contribution in [3.63, 3.8) is 0 Å². The van der Waals surface area contributed by atoms with Gasteiger partial charge in [-0.05, 0) is 37.1 Å². The smallest absolute Gasteiger partial charge is 0.00462 e. The quantitative estimate of drug-likeness (QED) is 0.688. The molecule has 72 valence electrons. The first-order chi connectivity index (χ1) is 5.74. The minimum atomic E-state index is 0.851. The molecule has 0 bridgehead atoms. The first kappa shape index (κ1) is 10.0. The Kier molecular flexibility index (Phi) is 4.07. The van der Waals surface area contributed by atoms with Crippen molar-refractivity contribution in [1.29, 1.82) is 0 Å². The van der Waals surface area contributed by atoms with Crippen molar-refractivity contribution < 1.29 is 0 Å². The highest BCUT2D eigenvalue weighted by molar-refractivity contribution is 4.78. The normalized spacial score (nSPS) is 30.0. The van der Waals surface area contributed by atoms with Gasteiger partial charge in [-0.1, -0.05) is 33.1 Å². The Hall–Kier alpha value is -0.0400. The molecule has 1 aliphatic carbocycles. The van der Waals surface area contributed by atoms with Crippen molar-refractivity contribution in [2.24, 2.45) is 23.5 Å². The molecular weight excluding hydrogens is 146 g/mol. The van der Waals surface area contributed by atoms with Crippen LogP contribution in [0, 0.1) is 17.8 Å². The van der Waals surface area contributed by atoms with Gasteiger partial charge in [0, 0.05) is 0 Å². The van der Waals surface area contributed by atoms with E-state index in [1.807, 2.05) is 0 Å². The fraction of sp³-hybridized carbons (Fsp3) is 1.00. The lowest BCUT2D eigenvalue weighted by Crippen LogP contribution is -2.18. The van der Waals surface area contributed by atoms with E-state index < -0.39 is 0 Å². The van der Waals surface area contributed by atoms with Gasteiger partial charge in [0.05, 0.1) is 0 Å². The lowest BCUT2D eigenvalue weighted by Gasteiger charge is -2.18. The van der Waals surface area contributed by atoms with Crippen LogP contribution < -0.4 is 5.73 Å². The highest BCUT2D eigenvalue weighted by atomic mass is 14.6. The van der Waals surface area contributed by atoms with Gasteiger partial charge in [0.15, 0.2) is 0 Å². The SMILES string of the molecule is CC(C)CCC1CCCC1CN. The van der Waals surface area contributed by atoms with Crippen LogP contribution in [-0.4, -0.2) is 6.54 Å². The van der Waals surface area contributed by atoms with Gasteiger partial charge in [-0.25, -0.2) is 0 Å². The zero-order valence-corrected chi connectivity index (χ0v) is 8.55. The summed E-state index contributed by atoms with van der Waals surface area (Å²) < 4.78 is 0. The lowest BCUT2D eigenvalue weighted by molar-refractivity contribution is 0.343. The molecule has 0 heterocycles. The van der Waals surface area contributed by atoms with E-state index >= 15 is 0 Å². The summed E-state index contributed by atoms with van der Waals surface area (Å²) >= 11 is 0. The van der Waals surface area contributed by atoms with Crippen LogP contribution in [0.15, 0.2) is 0 Å². The predicted octanol–water partition coefficient (Wildman–Crippen LogP) is 2.80. The van der Waals surface area contributed by atoms with Crippen molar-refractivity contribution in [1.82, 2.24) is 0 Å². The van der Waals surface area contributed by atoms with E-state index in [1.165, 1.54) is 32.1 Å². The molecule has 12 heavy (non-hydrogen) atoms. The average Bonchev–Trinajstić information content (AvgIpc) is 2.47. The number of hydrogen-bond acceptors (Lipinski definition) is 1. The summed E-state index contributed by atoms with van der Waals surface area (Å²) in [5, 5.41) is 0.